The summed E-state index contributed by atoms with van der Waals surface area (Å²) in [5, 5.41) is 0. The van der Waals surface area contributed by atoms with E-state index in [9.17, 15) is 4.79 Å². The first-order valence-electron chi connectivity index (χ1n) is 5.75. The van der Waals surface area contributed by atoms with Crippen LogP contribution in [-0.4, -0.2) is 11.6 Å². The van der Waals surface area contributed by atoms with Crippen molar-refractivity contribution in [3.8, 4) is 0 Å². The number of rotatable bonds is 3. The van der Waals surface area contributed by atoms with Crippen LogP contribution in [0.3, 0.4) is 0 Å². The summed E-state index contributed by atoms with van der Waals surface area (Å²) in [5.74, 6) is -0.141. The summed E-state index contributed by atoms with van der Waals surface area (Å²) in [6.07, 6.45) is 1.15. The number of carbonyl (C=O) groups excluding carboxylic acids is 1. The molecule has 0 unspecified atom stereocenters. The number of ether oxygens (including phenoxy) is 1. The van der Waals surface area contributed by atoms with Gasteiger partial charge >= 0.3 is 5.97 Å². The van der Waals surface area contributed by atoms with Crippen molar-refractivity contribution in [2.24, 2.45) is 0 Å². The fraction of sp³-hybridized carbons (Fsp3) is 0.500. The van der Waals surface area contributed by atoms with Crippen LogP contribution in [0.1, 0.15) is 38.3 Å². The van der Waals surface area contributed by atoms with Crippen molar-refractivity contribution in [3.05, 3.63) is 33.8 Å². The van der Waals surface area contributed by atoms with Gasteiger partial charge in [-0.2, -0.15) is 0 Å². The second-order valence-electron chi connectivity index (χ2n) is 5.17. The van der Waals surface area contributed by atoms with Crippen molar-refractivity contribution in [2.75, 3.05) is 0 Å². The zero-order valence-corrected chi connectivity index (χ0v) is 12.4. The van der Waals surface area contributed by atoms with Crippen LogP contribution < -0.4 is 0 Å². The van der Waals surface area contributed by atoms with Crippen molar-refractivity contribution in [1.29, 1.82) is 0 Å². The van der Waals surface area contributed by atoms with E-state index in [0.717, 1.165) is 16.5 Å². The maximum atomic E-state index is 11.6. The Morgan fingerprint density at radius 2 is 2.00 bits per heavy atom. The van der Waals surface area contributed by atoms with Gasteiger partial charge in [0.05, 0.1) is 0 Å². The summed E-state index contributed by atoms with van der Waals surface area (Å²) < 4.78 is 6.36. The molecule has 1 aromatic rings. The Hall–Kier alpha value is -0.830. The second kappa shape index (κ2) is 5.67. The highest BCUT2D eigenvalue weighted by Crippen LogP contribution is 2.18. The quantitative estimate of drug-likeness (QED) is 0.788. The minimum atomic E-state index is -0.396. The molecule has 0 spiro atoms. The molecule has 0 heterocycles. The normalized spacial score (nSPS) is 11.4. The largest absolute Gasteiger partial charge is 0.460 e. The SMILES string of the molecule is Cc1cc(CCC(=O)OC(C)(C)C)ccc1Br. The lowest BCUT2D eigenvalue weighted by Crippen LogP contribution is -2.24. The van der Waals surface area contributed by atoms with E-state index in [-0.39, 0.29) is 5.97 Å². The van der Waals surface area contributed by atoms with E-state index in [2.05, 4.69) is 22.0 Å². The molecule has 0 aromatic heterocycles. The number of hydrogen-bond acceptors (Lipinski definition) is 2. The van der Waals surface area contributed by atoms with Gasteiger partial charge in [-0.15, -0.1) is 0 Å². The molecule has 0 saturated heterocycles. The maximum absolute atomic E-state index is 11.6. The third-order valence-corrected chi connectivity index (χ3v) is 3.15. The van der Waals surface area contributed by atoms with E-state index in [4.69, 9.17) is 4.74 Å². The molecule has 0 aliphatic carbocycles. The molecular formula is C14H19BrO2. The smallest absolute Gasteiger partial charge is 0.306 e. The number of benzene rings is 1. The van der Waals surface area contributed by atoms with Crippen LogP contribution in [0.5, 0.6) is 0 Å². The Balaban J connectivity index is 2.50. The molecule has 1 rings (SSSR count). The molecule has 0 N–H and O–H groups in total. The Morgan fingerprint density at radius 3 is 2.53 bits per heavy atom. The van der Waals surface area contributed by atoms with Gasteiger partial charge in [0.2, 0.25) is 0 Å². The van der Waals surface area contributed by atoms with Crippen LogP contribution in [0.15, 0.2) is 22.7 Å². The Labute approximate surface area is 111 Å². The van der Waals surface area contributed by atoms with Gasteiger partial charge in [0.15, 0.2) is 0 Å². The fourth-order valence-electron chi connectivity index (χ4n) is 1.50. The molecule has 17 heavy (non-hydrogen) atoms. The predicted octanol–water partition coefficient (Wildman–Crippen LogP) is 4.03. The van der Waals surface area contributed by atoms with Gasteiger partial charge in [-0.05, 0) is 51.3 Å². The van der Waals surface area contributed by atoms with E-state index < -0.39 is 5.60 Å². The molecule has 0 amide bonds. The number of hydrogen-bond donors (Lipinski definition) is 0. The Morgan fingerprint density at radius 1 is 1.35 bits per heavy atom. The molecule has 0 saturated carbocycles. The maximum Gasteiger partial charge on any atom is 0.306 e. The minimum Gasteiger partial charge on any atom is -0.460 e. The molecule has 0 aliphatic rings. The van der Waals surface area contributed by atoms with E-state index in [1.165, 1.54) is 5.56 Å². The molecular weight excluding hydrogens is 280 g/mol. The predicted molar refractivity (Wildman–Crippen MR) is 73.0 cm³/mol. The summed E-state index contributed by atoms with van der Waals surface area (Å²) in [5.41, 5.74) is 1.95. The highest BCUT2D eigenvalue weighted by molar-refractivity contribution is 9.10. The van der Waals surface area contributed by atoms with Gasteiger partial charge < -0.3 is 4.74 Å². The lowest BCUT2D eigenvalue weighted by molar-refractivity contribution is -0.154. The van der Waals surface area contributed by atoms with Crippen molar-refractivity contribution < 1.29 is 9.53 Å². The van der Waals surface area contributed by atoms with Crippen molar-refractivity contribution in [3.63, 3.8) is 0 Å². The van der Waals surface area contributed by atoms with Crippen molar-refractivity contribution in [2.45, 2.75) is 46.1 Å². The van der Waals surface area contributed by atoms with E-state index in [1.807, 2.05) is 39.8 Å². The van der Waals surface area contributed by atoms with Gasteiger partial charge in [0.1, 0.15) is 5.60 Å². The van der Waals surface area contributed by atoms with Crippen LogP contribution in [0.2, 0.25) is 0 Å². The second-order valence-corrected chi connectivity index (χ2v) is 6.02. The first-order valence-corrected chi connectivity index (χ1v) is 6.54. The molecule has 3 heteroatoms. The molecule has 0 bridgehead atoms. The third kappa shape index (κ3) is 5.35. The highest BCUT2D eigenvalue weighted by atomic mass is 79.9. The molecule has 0 fully saturated rings. The zero-order chi connectivity index (χ0) is 13.1. The molecule has 0 radical (unpaired) electrons. The first-order chi connectivity index (χ1) is 7.78. The van der Waals surface area contributed by atoms with Gasteiger partial charge in [0, 0.05) is 10.9 Å². The Bertz CT molecular complexity index is 405. The molecule has 1 aromatic carbocycles. The lowest BCUT2D eigenvalue weighted by atomic mass is 10.1. The van der Waals surface area contributed by atoms with Gasteiger partial charge in [-0.25, -0.2) is 0 Å². The molecule has 2 nitrogen and oxygen atoms in total. The number of carbonyl (C=O) groups is 1. The van der Waals surface area contributed by atoms with Gasteiger partial charge in [-0.1, -0.05) is 28.1 Å². The van der Waals surface area contributed by atoms with E-state index in [0.29, 0.717) is 6.42 Å². The van der Waals surface area contributed by atoms with Crippen LogP contribution >= 0.6 is 15.9 Å². The summed E-state index contributed by atoms with van der Waals surface area (Å²) >= 11 is 3.46. The van der Waals surface area contributed by atoms with Crippen LogP contribution in [0.25, 0.3) is 0 Å². The summed E-state index contributed by atoms with van der Waals surface area (Å²) in [4.78, 5) is 11.6. The molecule has 0 atom stereocenters. The highest BCUT2D eigenvalue weighted by Gasteiger charge is 2.15. The standard InChI is InChI=1S/C14H19BrO2/c1-10-9-11(5-7-12(10)15)6-8-13(16)17-14(2,3)4/h5,7,9H,6,8H2,1-4H3. The lowest BCUT2D eigenvalue weighted by Gasteiger charge is -2.19. The molecule has 94 valence electrons. The van der Waals surface area contributed by atoms with Crippen molar-refractivity contribution in [1.82, 2.24) is 0 Å². The number of aryl methyl sites for hydroxylation is 2. The van der Waals surface area contributed by atoms with E-state index >= 15 is 0 Å². The summed E-state index contributed by atoms with van der Waals surface area (Å²) in [6.45, 7) is 7.69. The average molecular weight is 299 g/mol. The number of halogens is 1. The average Bonchev–Trinajstić information content (AvgIpc) is 2.17. The van der Waals surface area contributed by atoms with Gasteiger partial charge in [-0.3, -0.25) is 4.79 Å². The fourth-order valence-corrected chi connectivity index (χ4v) is 1.75. The van der Waals surface area contributed by atoms with Crippen LogP contribution in [-0.2, 0) is 16.0 Å². The summed E-state index contributed by atoms with van der Waals surface area (Å²) in [7, 11) is 0. The van der Waals surface area contributed by atoms with Crippen LogP contribution in [0.4, 0.5) is 0 Å². The van der Waals surface area contributed by atoms with Crippen molar-refractivity contribution >= 4 is 21.9 Å². The first kappa shape index (κ1) is 14.2. The Kier molecular flexibility index (Phi) is 4.75. The van der Waals surface area contributed by atoms with E-state index in [1.54, 1.807) is 0 Å². The minimum absolute atomic E-state index is 0.141. The monoisotopic (exact) mass is 298 g/mol. The topological polar surface area (TPSA) is 26.3 Å². The molecule has 0 aliphatic heterocycles. The van der Waals surface area contributed by atoms with Gasteiger partial charge in [0.25, 0.3) is 0 Å². The third-order valence-electron chi connectivity index (χ3n) is 2.26. The number of esters is 1. The van der Waals surface area contributed by atoms with Crippen LogP contribution in [0, 0.1) is 6.92 Å². The summed E-state index contributed by atoms with van der Waals surface area (Å²) in [6, 6.07) is 6.13. The zero-order valence-electron chi connectivity index (χ0n) is 10.8.